The lowest BCUT2D eigenvalue weighted by Crippen LogP contribution is -2.63. The van der Waals surface area contributed by atoms with Gasteiger partial charge in [-0.2, -0.15) is 0 Å². The maximum absolute atomic E-state index is 15.2. The van der Waals surface area contributed by atoms with E-state index in [1.807, 2.05) is 18.2 Å². The minimum atomic E-state index is -0.954. The van der Waals surface area contributed by atoms with Crippen LogP contribution in [0.25, 0.3) is 0 Å². The quantitative estimate of drug-likeness (QED) is 0.209. The van der Waals surface area contributed by atoms with Crippen LogP contribution in [0.3, 0.4) is 0 Å². The molecule has 6 atom stereocenters. The third kappa shape index (κ3) is 7.86. The number of carbonyl (C=O) groups excluding carboxylic acids is 6. The molecule has 2 heterocycles. The molecular formula is C43H57N5O6S. The number of nitrogens with zero attached hydrogens (tertiary/aromatic N) is 1. The molecule has 296 valence electrons. The number of hydrogen-bond acceptors (Lipinski definition) is 7. The number of Topliss-reactive ketones (excluding diaryl/α,β-unsaturated/α-hetero) is 1. The van der Waals surface area contributed by atoms with Crippen molar-refractivity contribution < 1.29 is 28.8 Å². The number of rotatable bonds is 14. The number of thioether (sulfide) groups is 1. The summed E-state index contributed by atoms with van der Waals surface area (Å²) in [5, 5.41) is 12.1. The molecule has 0 aromatic heterocycles. The highest BCUT2D eigenvalue weighted by molar-refractivity contribution is 8.04. The van der Waals surface area contributed by atoms with E-state index in [1.165, 1.54) is 11.8 Å². The molecule has 0 radical (unpaired) electrons. The van der Waals surface area contributed by atoms with Gasteiger partial charge in [-0.1, -0.05) is 83.2 Å². The fourth-order valence-electron chi connectivity index (χ4n) is 10.2. The Labute approximate surface area is 328 Å². The van der Waals surface area contributed by atoms with E-state index in [-0.39, 0.29) is 52.8 Å². The Kier molecular flexibility index (Phi) is 10.4. The average Bonchev–Trinajstić information content (AvgIpc) is 4.08. The Morgan fingerprint density at radius 3 is 2.20 bits per heavy atom. The summed E-state index contributed by atoms with van der Waals surface area (Å²) in [6.07, 6.45) is 12.5. The molecule has 5 fully saturated rings. The monoisotopic (exact) mass is 771 g/mol. The number of fused-ring (bicyclic) bond motifs is 2. The van der Waals surface area contributed by atoms with Crippen molar-refractivity contribution in [2.75, 3.05) is 12.3 Å². The highest BCUT2D eigenvalue weighted by Gasteiger charge is 2.70. The van der Waals surface area contributed by atoms with Crippen LogP contribution in [-0.4, -0.2) is 82.7 Å². The minimum Gasteiger partial charge on any atom is -0.347 e. The first-order valence-electron chi connectivity index (χ1n) is 20.8. The van der Waals surface area contributed by atoms with E-state index in [2.05, 4.69) is 54.2 Å². The molecule has 55 heavy (non-hydrogen) atoms. The summed E-state index contributed by atoms with van der Waals surface area (Å²) in [6, 6.07) is 4.57. The second-order valence-electron chi connectivity index (χ2n) is 18.5. The first kappa shape index (κ1) is 38.2. The van der Waals surface area contributed by atoms with Gasteiger partial charge in [0.15, 0.2) is 0 Å². The van der Waals surface area contributed by atoms with Crippen LogP contribution in [0.5, 0.6) is 0 Å². The van der Waals surface area contributed by atoms with E-state index in [1.54, 1.807) is 4.90 Å². The predicted octanol–water partition coefficient (Wildman–Crippen LogP) is 3.98. The Morgan fingerprint density at radius 1 is 0.891 bits per heavy atom. The SMILES string of the molecule is CC1([C@H](NC(=O)C2=CCCS2)C(=O)N[C@H](C(=O)N2C[C@H]3[C@@H]([C@H]2C(=O)NC(CC2CC2)C(=O)C(=O)NC2CC2)C3(C)C)C2Cc3ccccc3C2)CCCCC1. The molecule has 0 bridgehead atoms. The summed E-state index contributed by atoms with van der Waals surface area (Å²) in [4.78, 5) is 86.6. The molecule has 7 aliphatic rings. The minimum absolute atomic E-state index is 0.0193. The van der Waals surface area contributed by atoms with Gasteiger partial charge in [0.05, 0.1) is 10.9 Å². The van der Waals surface area contributed by atoms with Crippen LogP contribution in [0.1, 0.15) is 103 Å². The first-order valence-corrected chi connectivity index (χ1v) is 21.8. The van der Waals surface area contributed by atoms with Gasteiger partial charge in [0.1, 0.15) is 18.1 Å². The van der Waals surface area contributed by atoms with Crippen LogP contribution in [0.4, 0.5) is 0 Å². The van der Waals surface area contributed by atoms with Gasteiger partial charge < -0.3 is 26.2 Å². The van der Waals surface area contributed by atoms with Crippen molar-refractivity contribution in [1.29, 1.82) is 0 Å². The Balaban J connectivity index is 1.07. The summed E-state index contributed by atoms with van der Waals surface area (Å²) in [6.45, 7) is 6.68. The molecule has 5 amide bonds. The summed E-state index contributed by atoms with van der Waals surface area (Å²) < 4.78 is 0. The molecule has 1 aromatic rings. The van der Waals surface area contributed by atoms with Crippen molar-refractivity contribution in [1.82, 2.24) is 26.2 Å². The van der Waals surface area contributed by atoms with Gasteiger partial charge >= 0.3 is 0 Å². The molecule has 4 saturated carbocycles. The molecule has 1 unspecified atom stereocenters. The lowest BCUT2D eigenvalue weighted by atomic mass is 9.70. The van der Waals surface area contributed by atoms with Gasteiger partial charge in [0.25, 0.3) is 11.8 Å². The molecule has 11 nitrogen and oxygen atoms in total. The Bertz CT molecular complexity index is 1750. The van der Waals surface area contributed by atoms with Gasteiger partial charge in [-0.3, -0.25) is 28.8 Å². The fraction of sp³-hybridized carbons (Fsp3) is 0.674. The first-order chi connectivity index (χ1) is 26.3. The van der Waals surface area contributed by atoms with E-state index in [4.69, 9.17) is 0 Å². The molecule has 5 aliphatic carbocycles. The number of benzene rings is 1. The van der Waals surface area contributed by atoms with E-state index in [9.17, 15) is 24.0 Å². The summed E-state index contributed by atoms with van der Waals surface area (Å²) >= 11 is 1.50. The normalized spacial score (nSPS) is 27.8. The summed E-state index contributed by atoms with van der Waals surface area (Å²) in [7, 11) is 0. The van der Waals surface area contributed by atoms with Crippen LogP contribution in [-0.2, 0) is 41.6 Å². The van der Waals surface area contributed by atoms with Crippen molar-refractivity contribution in [3.05, 3.63) is 46.4 Å². The smallest absolute Gasteiger partial charge is 0.289 e. The Hall–Kier alpha value is -3.67. The molecular weight excluding hydrogens is 715 g/mol. The molecule has 2 aliphatic heterocycles. The second-order valence-corrected chi connectivity index (χ2v) is 19.6. The zero-order valence-electron chi connectivity index (χ0n) is 32.5. The lowest BCUT2D eigenvalue weighted by Gasteiger charge is -2.41. The number of amides is 5. The maximum atomic E-state index is 15.2. The lowest BCUT2D eigenvalue weighted by molar-refractivity contribution is -0.146. The van der Waals surface area contributed by atoms with Crippen LogP contribution in [0.15, 0.2) is 35.2 Å². The number of likely N-dealkylation sites (tertiary alicyclic amines) is 1. The largest absolute Gasteiger partial charge is 0.347 e. The number of piperidine rings is 1. The van der Waals surface area contributed by atoms with E-state index >= 15 is 4.79 Å². The topological polar surface area (TPSA) is 154 Å². The molecule has 8 rings (SSSR count). The second kappa shape index (κ2) is 15.0. The number of carbonyl (C=O) groups is 6. The van der Waals surface area contributed by atoms with Gasteiger partial charge in [-0.15, -0.1) is 11.8 Å². The number of allylic oxidation sites excluding steroid dienone is 1. The average molecular weight is 772 g/mol. The number of nitrogens with one attached hydrogen (secondary N) is 4. The van der Waals surface area contributed by atoms with Crippen LogP contribution in [0, 0.1) is 34.5 Å². The van der Waals surface area contributed by atoms with Crippen molar-refractivity contribution in [3.63, 3.8) is 0 Å². The van der Waals surface area contributed by atoms with Crippen molar-refractivity contribution in [2.24, 2.45) is 34.5 Å². The zero-order valence-corrected chi connectivity index (χ0v) is 33.3. The Morgan fingerprint density at radius 2 is 1.58 bits per heavy atom. The van der Waals surface area contributed by atoms with E-state index < -0.39 is 47.2 Å². The van der Waals surface area contributed by atoms with Gasteiger partial charge in [0.2, 0.25) is 23.5 Å². The van der Waals surface area contributed by atoms with Crippen molar-refractivity contribution in [3.8, 4) is 0 Å². The highest BCUT2D eigenvalue weighted by atomic mass is 32.2. The molecule has 12 heteroatoms. The molecule has 0 spiro atoms. The standard InChI is InChI=1S/C43H57N5O6S/c1-42(2)29-23-48(34(32(29)42)38(51)45-30(20-24-13-14-24)35(49)39(52)44-28-15-16-28)41(54)33(27-21-25-10-5-6-11-26(25)22-27)46-40(53)36(43(3)17-7-4-8-18-43)47-37(50)31-12-9-19-55-31/h5-6,10-12,24,27-30,32-34,36H,4,7-9,13-23H2,1-3H3,(H,44,52)(H,45,51)(H,46,53)(H,47,50)/t29-,30?,32-,33-,34-,36+/m0/s1. The number of ketones is 1. The van der Waals surface area contributed by atoms with Gasteiger partial charge in [-0.25, -0.2) is 0 Å². The van der Waals surface area contributed by atoms with Crippen molar-refractivity contribution in [2.45, 2.75) is 134 Å². The van der Waals surface area contributed by atoms with Crippen LogP contribution in [0.2, 0.25) is 0 Å². The summed E-state index contributed by atoms with van der Waals surface area (Å²) in [5.74, 6) is -1.77. The zero-order chi connectivity index (χ0) is 38.6. The highest BCUT2D eigenvalue weighted by Crippen LogP contribution is 2.65. The predicted molar refractivity (Wildman–Crippen MR) is 209 cm³/mol. The van der Waals surface area contributed by atoms with Crippen LogP contribution < -0.4 is 21.3 Å². The maximum Gasteiger partial charge on any atom is 0.289 e. The van der Waals surface area contributed by atoms with Crippen molar-refractivity contribution >= 4 is 47.1 Å². The van der Waals surface area contributed by atoms with Gasteiger partial charge in [0, 0.05) is 18.3 Å². The van der Waals surface area contributed by atoms with Crippen LogP contribution >= 0.6 is 11.8 Å². The van der Waals surface area contributed by atoms with E-state index in [0.717, 1.165) is 81.1 Å². The van der Waals surface area contributed by atoms with E-state index in [0.29, 0.717) is 30.7 Å². The van der Waals surface area contributed by atoms with Gasteiger partial charge in [-0.05, 0) is 97.0 Å². The molecule has 1 aromatic carbocycles. The fourth-order valence-corrected chi connectivity index (χ4v) is 11.1. The summed E-state index contributed by atoms with van der Waals surface area (Å²) in [5.41, 5.74) is 1.61. The third-order valence-electron chi connectivity index (χ3n) is 14.1. The number of hydrogen-bond donors (Lipinski definition) is 4. The third-order valence-corrected chi connectivity index (χ3v) is 15.2. The molecule has 1 saturated heterocycles. The molecule has 4 N–H and O–H groups in total.